The second kappa shape index (κ2) is 6.00. The summed E-state index contributed by atoms with van der Waals surface area (Å²) in [7, 11) is 1.47. The summed E-state index contributed by atoms with van der Waals surface area (Å²) in [4.78, 5) is 24.0. The molecule has 0 fully saturated rings. The molecular weight excluding hydrogens is 299 g/mol. The molecule has 3 rings (SSSR count). The van der Waals surface area contributed by atoms with E-state index in [4.69, 9.17) is 4.74 Å². The first-order valence-corrected chi connectivity index (χ1v) is 6.93. The molecule has 0 amide bonds. The van der Waals surface area contributed by atoms with Gasteiger partial charge in [0.15, 0.2) is 0 Å². The lowest BCUT2D eigenvalue weighted by Gasteiger charge is -2.07. The van der Waals surface area contributed by atoms with Gasteiger partial charge in [-0.3, -0.25) is 4.79 Å². The van der Waals surface area contributed by atoms with Crippen LogP contribution in [0.3, 0.4) is 0 Å². The Morgan fingerprint density at radius 1 is 1.26 bits per heavy atom. The number of benzene rings is 2. The van der Waals surface area contributed by atoms with E-state index in [1.807, 2.05) is 18.2 Å². The molecule has 0 spiro atoms. The number of carbonyl (C=O) groups is 1. The van der Waals surface area contributed by atoms with Crippen LogP contribution in [-0.4, -0.2) is 15.7 Å². The minimum atomic E-state index is -0.793. The molecular formula is C17H13FN2O3. The van der Waals surface area contributed by atoms with Crippen LogP contribution in [0, 0.1) is 5.82 Å². The molecule has 0 saturated carbocycles. The van der Waals surface area contributed by atoms with Gasteiger partial charge in [0, 0.05) is 12.4 Å². The third kappa shape index (κ3) is 2.96. The van der Waals surface area contributed by atoms with Crippen molar-refractivity contribution in [3.05, 3.63) is 76.0 Å². The maximum Gasteiger partial charge on any atom is 0.341 e. The number of aromatic nitrogens is 2. The van der Waals surface area contributed by atoms with Gasteiger partial charge in [-0.1, -0.05) is 30.3 Å². The Hall–Kier alpha value is -3.02. The third-order valence-electron chi connectivity index (χ3n) is 3.47. The zero-order valence-electron chi connectivity index (χ0n) is 12.3. The zero-order valence-corrected chi connectivity index (χ0v) is 12.3. The molecule has 1 heterocycles. The van der Waals surface area contributed by atoms with Crippen LogP contribution >= 0.6 is 0 Å². The Kier molecular flexibility index (Phi) is 3.89. The van der Waals surface area contributed by atoms with Gasteiger partial charge in [0.25, 0.3) is 5.56 Å². The monoisotopic (exact) mass is 312 g/mol. The van der Waals surface area contributed by atoms with Crippen molar-refractivity contribution in [2.75, 3.05) is 0 Å². The van der Waals surface area contributed by atoms with E-state index in [0.717, 1.165) is 16.3 Å². The quantitative estimate of drug-likeness (QED) is 0.697. The highest BCUT2D eigenvalue weighted by Gasteiger charge is 2.16. The summed E-state index contributed by atoms with van der Waals surface area (Å²) in [6.45, 7) is 0.0476. The highest BCUT2D eigenvalue weighted by molar-refractivity contribution is 5.95. The van der Waals surface area contributed by atoms with Crippen LogP contribution in [0.25, 0.3) is 10.8 Å². The van der Waals surface area contributed by atoms with Crippen LogP contribution in [0.1, 0.15) is 15.9 Å². The molecule has 2 aromatic carbocycles. The lowest BCUT2D eigenvalue weighted by Crippen LogP contribution is -2.19. The minimum absolute atomic E-state index is 0.0476. The summed E-state index contributed by atoms with van der Waals surface area (Å²) in [5, 5.41) is 4.42. The van der Waals surface area contributed by atoms with Crippen molar-refractivity contribution in [1.29, 1.82) is 0 Å². The first kappa shape index (κ1) is 14.9. The minimum Gasteiger partial charge on any atom is -0.457 e. The maximum absolute atomic E-state index is 14.1. The Balaban J connectivity index is 1.90. The highest BCUT2D eigenvalue weighted by Crippen LogP contribution is 2.17. The van der Waals surface area contributed by atoms with E-state index >= 15 is 0 Å². The van der Waals surface area contributed by atoms with Crippen molar-refractivity contribution in [1.82, 2.24) is 9.78 Å². The van der Waals surface area contributed by atoms with Gasteiger partial charge in [0.2, 0.25) is 0 Å². The van der Waals surface area contributed by atoms with Gasteiger partial charge < -0.3 is 4.74 Å². The molecule has 0 saturated heterocycles. The molecule has 0 radical (unpaired) electrons. The zero-order chi connectivity index (χ0) is 16.4. The van der Waals surface area contributed by atoms with Crippen molar-refractivity contribution in [3.8, 4) is 0 Å². The summed E-state index contributed by atoms with van der Waals surface area (Å²) in [5.41, 5.74) is 0.159. The van der Waals surface area contributed by atoms with Gasteiger partial charge in [-0.15, -0.1) is 0 Å². The van der Waals surface area contributed by atoms with E-state index in [1.54, 1.807) is 12.1 Å². The van der Waals surface area contributed by atoms with Crippen LogP contribution in [0.15, 0.2) is 53.5 Å². The topological polar surface area (TPSA) is 61.2 Å². The van der Waals surface area contributed by atoms with Crippen molar-refractivity contribution in [2.45, 2.75) is 6.61 Å². The smallest absolute Gasteiger partial charge is 0.341 e. The number of esters is 1. The van der Waals surface area contributed by atoms with Gasteiger partial charge >= 0.3 is 5.97 Å². The molecule has 1 aromatic heterocycles. The summed E-state index contributed by atoms with van der Waals surface area (Å²) < 4.78 is 20.4. The molecule has 0 aliphatic heterocycles. The molecule has 0 aliphatic rings. The summed E-state index contributed by atoms with van der Waals surface area (Å²) >= 11 is 0. The number of fused-ring (bicyclic) bond motifs is 1. The van der Waals surface area contributed by atoms with Gasteiger partial charge in [-0.2, -0.15) is 5.10 Å². The molecule has 5 nitrogen and oxygen atoms in total. The molecule has 0 atom stereocenters. The van der Waals surface area contributed by atoms with E-state index in [1.165, 1.54) is 19.3 Å². The van der Waals surface area contributed by atoms with E-state index in [0.29, 0.717) is 5.39 Å². The van der Waals surface area contributed by atoms with Gasteiger partial charge in [-0.05, 0) is 17.7 Å². The largest absolute Gasteiger partial charge is 0.457 e. The Morgan fingerprint density at radius 3 is 2.74 bits per heavy atom. The predicted octanol–water partition coefficient (Wildman–Crippen LogP) is 2.43. The molecule has 0 bridgehead atoms. The van der Waals surface area contributed by atoms with Crippen LogP contribution in [0.5, 0.6) is 0 Å². The first-order valence-electron chi connectivity index (χ1n) is 6.93. The number of halogens is 1. The second-order valence-corrected chi connectivity index (χ2v) is 5.05. The van der Waals surface area contributed by atoms with Gasteiger partial charge in [0.1, 0.15) is 12.4 Å². The molecule has 3 aromatic rings. The summed E-state index contributed by atoms with van der Waals surface area (Å²) in [5.74, 6) is -1.58. The van der Waals surface area contributed by atoms with E-state index in [-0.39, 0.29) is 17.6 Å². The van der Waals surface area contributed by atoms with Crippen molar-refractivity contribution in [2.24, 2.45) is 7.05 Å². The molecule has 0 N–H and O–H groups in total. The third-order valence-corrected chi connectivity index (χ3v) is 3.47. The highest BCUT2D eigenvalue weighted by atomic mass is 19.1. The standard InChI is InChI=1S/C17H13FN2O3/c1-20-16(21)13-8-15(18)14(7-12(13)9-19-20)17(22)23-10-11-5-3-2-4-6-11/h2-9H,10H2,1H3. The first-order chi connectivity index (χ1) is 11.1. The van der Waals surface area contributed by atoms with Crippen LogP contribution in [0.2, 0.25) is 0 Å². The molecule has 0 unspecified atom stereocenters. The number of nitrogens with zero attached hydrogens (tertiary/aromatic N) is 2. The van der Waals surface area contributed by atoms with Crippen molar-refractivity contribution in [3.63, 3.8) is 0 Å². The normalized spacial score (nSPS) is 10.7. The Bertz CT molecular complexity index is 936. The molecule has 0 aliphatic carbocycles. The Morgan fingerprint density at radius 2 is 2.00 bits per heavy atom. The van der Waals surface area contributed by atoms with E-state index in [2.05, 4.69) is 5.10 Å². The molecule has 23 heavy (non-hydrogen) atoms. The predicted molar refractivity (Wildman–Crippen MR) is 82.5 cm³/mol. The molecule has 6 heteroatoms. The number of hydrogen-bond donors (Lipinski definition) is 0. The SMILES string of the molecule is Cn1ncc2cc(C(=O)OCc3ccccc3)c(F)cc2c1=O. The fraction of sp³-hybridized carbons (Fsp3) is 0.118. The van der Waals surface area contributed by atoms with E-state index < -0.39 is 17.3 Å². The number of carbonyl (C=O) groups excluding carboxylic acids is 1. The van der Waals surface area contributed by atoms with Crippen molar-refractivity contribution >= 4 is 16.7 Å². The van der Waals surface area contributed by atoms with Crippen molar-refractivity contribution < 1.29 is 13.9 Å². The van der Waals surface area contributed by atoms with Gasteiger partial charge in [-0.25, -0.2) is 13.9 Å². The maximum atomic E-state index is 14.1. The average Bonchev–Trinajstić information content (AvgIpc) is 2.57. The number of ether oxygens (including phenoxy) is 1. The van der Waals surface area contributed by atoms with Crippen LogP contribution in [0.4, 0.5) is 4.39 Å². The van der Waals surface area contributed by atoms with Gasteiger partial charge in [0.05, 0.1) is 17.1 Å². The fourth-order valence-corrected chi connectivity index (χ4v) is 2.21. The lowest BCUT2D eigenvalue weighted by molar-refractivity contribution is 0.0467. The van der Waals surface area contributed by atoms with E-state index in [9.17, 15) is 14.0 Å². The summed E-state index contributed by atoms with van der Waals surface area (Å²) in [6.07, 6.45) is 1.41. The van der Waals surface area contributed by atoms with Crippen LogP contribution < -0.4 is 5.56 Å². The number of hydrogen-bond acceptors (Lipinski definition) is 4. The van der Waals surface area contributed by atoms with Crippen LogP contribution in [-0.2, 0) is 18.4 Å². The second-order valence-electron chi connectivity index (χ2n) is 5.05. The summed E-state index contributed by atoms with van der Waals surface area (Å²) in [6, 6.07) is 11.4. The Labute approximate surface area is 130 Å². The fourth-order valence-electron chi connectivity index (χ4n) is 2.21. The lowest BCUT2D eigenvalue weighted by atomic mass is 10.1. The number of rotatable bonds is 3. The molecule has 116 valence electrons. The number of aryl methyl sites for hydroxylation is 1. The average molecular weight is 312 g/mol.